The van der Waals surface area contributed by atoms with Crippen LogP contribution >= 0.6 is 0 Å². The second-order valence-electron chi connectivity index (χ2n) is 5.34. The average Bonchev–Trinajstić information content (AvgIpc) is 2.39. The Labute approximate surface area is 114 Å². The van der Waals surface area contributed by atoms with Crippen molar-refractivity contribution in [2.45, 2.75) is 26.3 Å². The molecule has 1 unspecified atom stereocenters. The molecule has 2 heteroatoms. The SMILES string of the molecule is CC(C)CC(N)c1cc(-c2ccccc2)ccc1F. The van der Waals surface area contributed by atoms with Gasteiger partial charge in [0, 0.05) is 11.6 Å². The summed E-state index contributed by atoms with van der Waals surface area (Å²) in [5.74, 6) is 0.239. The van der Waals surface area contributed by atoms with Gasteiger partial charge in [0.15, 0.2) is 0 Å². The van der Waals surface area contributed by atoms with Crippen LogP contribution in [0.3, 0.4) is 0 Å². The number of rotatable bonds is 4. The standard InChI is InChI=1S/C17H20FN/c1-12(2)10-17(19)15-11-14(8-9-16(15)18)13-6-4-3-5-7-13/h3-9,11-12,17H,10,19H2,1-2H3. The summed E-state index contributed by atoms with van der Waals surface area (Å²) in [7, 11) is 0. The third-order valence-corrected chi connectivity index (χ3v) is 3.23. The van der Waals surface area contributed by atoms with Crippen LogP contribution in [0.1, 0.15) is 31.9 Å². The van der Waals surface area contributed by atoms with Crippen molar-refractivity contribution in [3.8, 4) is 11.1 Å². The van der Waals surface area contributed by atoms with Crippen molar-refractivity contribution in [1.29, 1.82) is 0 Å². The molecule has 1 atom stereocenters. The normalized spacial score (nSPS) is 12.7. The van der Waals surface area contributed by atoms with E-state index in [1.165, 1.54) is 6.07 Å². The lowest BCUT2D eigenvalue weighted by atomic mass is 9.94. The van der Waals surface area contributed by atoms with Gasteiger partial charge in [-0.15, -0.1) is 0 Å². The Morgan fingerprint density at radius 2 is 1.68 bits per heavy atom. The molecule has 0 aromatic heterocycles. The minimum Gasteiger partial charge on any atom is -0.324 e. The Balaban J connectivity index is 2.35. The summed E-state index contributed by atoms with van der Waals surface area (Å²) >= 11 is 0. The number of hydrogen-bond donors (Lipinski definition) is 1. The van der Waals surface area contributed by atoms with Gasteiger partial charge in [0.25, 0.3) is 0 Å². The summed E-state index contributed by atoms with van der Waals surface area (Å²) in [6, 6.07) is 14.9. The van der Waals surface area contributed by atoms with Crippen molar-refractivity contribution in [1.82, 2.24) is 0 Å². The minimum atomic E-state index is -0.247. The minimum absolute atomic E-state index is 0.215. The summed E-state index contributed by atoms with van der Waals surface area (Å²) in [6.45, 7) is 4.19. The zero-order valence-corrected chi connectivity index (χ0v) is 11.4. The number of hydrogen-bond acceptors (Lipinski definition) is 1. The average molecular weight is 257 g/mol. The maximum Gasteiger partial charge on any atom is 0.128 e. The first-order valence-electron chi connectivity index (χ1n) is 6.68. The lowest BCUT2D eigenvalue weighted by molar-refractivity contribution is 0.489. The second kappa shape index (κ2) is 5.98. The smallest absolute Gasteiger partial charge is 0.128 e. The van der Waals surface area contributed by atoms with E-state index in [1.807, 2.05) is 36.4 Å². The zero-order valence-electron chi connectivity index (χ0n) is 11.4. The van der Waals surface area contributed by atoms with Crippen LogP contribution in [0.5, 0.6) is 0 Å². The van der Waals surface area contributed by atoms with Crippen molar-refractivity contribution in [2.24, 2.45) is 11.7 Å². The quantitative estimate of drug-likeness (QED) is 0.855. The summed E-state index contributed by atoms with van der Waals surface area (Å²) in [6.07, 6.45) is 0.787. The van der Waals surface area contributed by atoms with Crippen molar-refractivity contribution in [3.05, 3.63) is 59.9 Å². The summed E-state index contributed by atoms with van der Waals surface area (Å²) in [5.41, 5.74) is 8.80. The summed E-state index contributed by atoms with van der Waals surface area (Å²) in [5, 5.41) is 0. The van der Waals surface area contributed by atoms with E-state index in [2.05, 4.69) is 13.8 Å². The molecule has 0 aliphatic rings. The van der Waals surface area contributed by atoms with Crippen LogP contribution in [0, 0.1) is 11.7 Å². The largest absolute Gasteiger partial charge is 0.324 e. The molecule has 2 aromatic carbocycles. The molecule has 0 heterocycles. The van der Waals surface area contributed by atoms with Gasteiger partial charge in [0.1, 0.15) is 5.82 Å². The van der Waals surface area contributed by atoms with E-state index in [4.69, 9.17) is 5.73 Å². The number of halogens is 1. The fourth-order valence-electron chi connectivity index (χ4n) is 2.27. The molecule has 0 spiro atoms. The molecule has 2 aromatic rings. The molecule has 0 aliphatic heterocycles. The van der Waals surface area contributed by atoms with Crippen LogP contribution < -0.4 is 5.73 Å². The number of benzene rings is 2. The van der Waals surface area contributed by atoms with Crippen LogP contribution in [0.15, 0.2) is 48.5 Å². The lowest BCUT2D eigenvalue weighted by Gasteiger charge is -2.16. The van der Waals surface area contributed by atoms with Crippen molar-refractivity contribution in [3.63, 3.8) is 0 Å². The van der Waals surface area contributed by atoms with Gasteiger partial charge in [-0.25, -0.2) is 4.39 Å². The van der Waals surface area contributed by atoms with Gasteiger partial charge in [-0.3, -0.25) is 0 Å². The molecule has 100 valence electrons. The Hall–Kier alpha value is -1.67. The Kier molecular flexibility index (Phi) is 4.33. The van der Waals surface area contributed by atoms with Gasteiger partial charge in [-0.05, 0) is 35.6 Å². The zero-order chi connectivity index (χ0) is 13.8. The Morgan fingerprint density at radius 3 is 2.32 bits per heavy atom. The molecule has 0 amide bonds. The molecular weight excluding hydrogens is 237 g/mol. The molecule has 0 fully saturated rings. The van der Waals surface area contributed by atoms with E-state index in [1.54, 1.807) is 6.07 Å². The molecule has 0 saturated heterocycles. The van der Waals surface area contributed by atoms with Gasteiger partial charge < -0.3 is 5.73 Å². The van der Waals surface area contributed by atoms with E-state index in [0.717, 1.165) is 17.5 Å². The monoisotopic (exact) mass is 257 g/mol. The molecule has 0 aliphatic carbocycles. The predicted molar refractivity (Wildman–Crippen MR) is 78.2 cm³/mol. The summed E-state index contributed by atoms with van der Waals surface area (Å²) in [4.78, 5) is 0. The van der Waals surface area contributed by atoms with Crippen molar-refractivity contribution < 1.29 is 4.39 Å². The highest BCUT2D eigenvalue weighted by Crippen LogP contribution is 2.27. The Bertz CT molecular complexity index is 534. The molecule has 1 nitrogen and oxygen atoms in total. The molecule has 0 radical (unpaired) electrons. The first-order chi connectivity index (χ1) is 9.08. The van der Waals surface area contributed by atoms with Crippen LogP contribution in [0.4, 0.5) is 4.39 Å². The highest BCUT2D eigenvalue weighted by Gasteiger charge is 2.14. The fourth-order valence-corrected chi connectivity index (χ4v) is 2.27. The van der Waals surface area contributed by atoms with Crippen molar-refractivity contribution >= 4 is 0 Å². The molecular formula is C17H20FN. The van der Waals surface area contributed by atoms with Gasteiger partial charge in [-0.2, -0.15) is 0 Å². The van der Waals surface area contributed by atoms with Crippen LogP contribution in [0.2, 0.25) is 0 Å². The molecule has 0 saturated carbocycles. The first-order valence-corrected chi connectivity index (χ1v) is 6.68. The summed E-state index contributed by atoms with van der Waals surface area (Å²) < 4.78 is 13.9. The number of nitrogens with two attached hydrogens (primary N) is 1. The third-order valence-electron chi connectivity index (χ3n) is 3.23. The molecule has 19 heavy (non-hydrogen) atoms. The van der Waals surface area contributed by atoms with Crippen LogP contribution in [-0.4, -0.2) is 0 Å². The lowest BCUT2D eigenvalue weighted by Crippen LogP contribution is -2.14. The van der Waals surface area contributed by atoms with Gasteiger partial charge in [0.05, 0.1) is 0 Å². The fraction of sp³-hybridized carbons (Fsp3) is 0.294. The van der Waals surface area contributed by atoms with Gasteiger partial charge in [0.2, 0.25) is 0 Å². The van der Waals surface area contributed by atoms with E-state index in [0.29, 0.717) is 11.5 Å². The van der Waals surface area contributed by atoms with E-state index >= 15 is 0 Å². The van der Waals surface area contributed by atoms with Gasteiger partial charge in [-0.1, -0.05) is 50.2 Å². The second-order valence-corrected chi connectivity index (χ2v) is 5.34. The highest BCUT2D eigenvalue weighted by molar-refractivity contribution is 5.64. The van der Waals surface area contributed by atoms with E-state index in [9.17, 15) is 4.39 Å². The van der Waals surface area contributed by atoms with Crippen LogP contribution in [-0.2, 0) is 0 Å². The molecule has 0 bridgehead atoms. The third kappa shape index (κ3) is 3.42. The predicted octanol–water partition coefficient (Wildman–Crippen LogP) is 4.54. The topological polar surface area (TPSA) is 26.0 Å². The maximum absolute atomic E-state index is 13.9. The van der Waals surface area contributed by atoms with E-state index < -0.39 is 0 Å². The van der Waals surface area contributed by atoms with Gasteiger partial charge >= 0.3 is 0 Å². The highest BCUT2D eigenvalue weighted by atomic mass is 19.1. The van der Waals surface area contributed by atoms with E-state index in [-0.39, 0.29) is 11.9 Å². The van der Waals surface area contributed by atoms with Crippen molar-refractivity contribution in [2.75, 3.05) is 0 Å². The maximum atomic E-state index is 13.9. The first kappa shape index (κ1) is 13.8. The molecule has 2 rings (SSSR count). The van der Waals surface area contributed by atoms with Crippen LogP contribution in [0.25, 0.3) is 11.1 Å². The molecule has 2 N–H and O–H groups in total. The Morgan fingerprint density at radius 1 is 1.00 bits per heavy atom.